The van der Waals surface area contributed by atoms with Gasteiger partial charge in [-0.15, -0.1) is 0 Å². The lowest BCUT2D eigenvalue weighted by Crippen LogP contribution is -2.60. The summed E-state index contributed by atoms with van der Waals surface area (Å²) in [5.74, 6) is -0.153. The summed E-state index contributed by atoms with van der Waals surface area (Å²) in [6, 6.07) is -0.718. The van der Waals surface area contributed by atoms with Crippen LogP contribution in [-0.2, 0) is 14.3 Å². The predicted molar refractivity (Wildman–Crippen MR) is 217 cm³/mol. The second-order valence-corrected chi connectivity index (χ2v) is 15.8. The molecule has 0 aliphatic carbocycles. The molecule has 7 atom stereocenters. The molecular formula is C44H85NO8. The summed E-state index contributed by atoms with van der Waals surface area (Å²) >= 11 is 0. The zero-order valence-corrected chi connectivity index (χ0v) is 34.3. The topological polar surface area (TPSA) is 149 Å². The highest BCUT2D eigenvalue weighted by Crippen LogP contribution is 2.23. The van der Waals surface area contributed by atoms with Gasteiger partial charge in [0.2, 0.25) is 5.91 Å². The van der Waals surface area contributed by atoms with E-state index in [1.54, 1.807) is 0 Å². The Morgan fingerprint density at radius 3 is 1.53 bits per heavy atom. The molecule has 0 bridgehead atoms. The minimum absolute atomic E-state index is 0.138. The molecule has 0 saturated carbocycles. The van der Waals surface area contributed by atoms with E-state index in [9.17, 15) is 30.3 Å². The van der Waals surface area contributed by atoms with Gasteiger partial charge in [0, 0.05) is 6.42 Å². The van der Waals surface area contributed by atoms with Crippen LogP contribution in [0.25, 0.3) is 0 Å². The zero-order chi connectivity index (χ0) is 38.8. The highest BCUT2D eigenvalue weighted by atomic mass is 16.7. The number of ether oxygens (including phenoxy) is 2. The first-order chi connectivity index (χ1) is 25.8. The van der Waals surface area contributed by atoms with Gasteiger partial charge >= 0.3 is 0 Å². The molecule has 1 rings (SSSR count). The van der Waals surface area contributed by atoms with Crippen molar-refractivity contribution in [1.82, 2.24) is 5.32 Å². The number of rotatable bonds is 37. The largest absolute Gasteiger partial charge is 0.394 e. The van der Waals surface area contributed by atoms with Crippen molar-refractivity contribution in [2.75, 3.05) is 13.2 Å². The van der Waals surface area contributed by atoms with Crippen LogP contribution < -0.4 is 5.32 Å². The summed E-state index contributed by atoms with van der Waals surface area (Å²) < 4.78 is 11.2. The lowest BCUT2D eigenvalue weighted by atomic mass is 9.99. The molecule has 0 aromatic heterocycles. The van der Waals surface area contributed by atoms with Crippen molar-refractivity contribution in [3.05, 3.63) is 12.2 Å². The van der Waals surface area contributed by atoms with Gasteiger partial charge < -0.3 is 40.3 Å². The van der Waals surface area contributed by atoms with Gasteiger partial charge in [-0.1, -0.05) is 174 Å². The Morgan fingerprint density at radius 1 is 0.623 bits per heavy atom. The van der Waals surface area contributed by atoms with Crippen LogP contribution in [0.4, 0.5) is 0 Å². The average molecular weight is 756 g/mol. The smallest absolute Gasteiger partial charge is 0.220 e. The monoisotopic (exact) mass is 756 g/mol. The molecule has 0 radical (unpaired) electrons. The van der Waals surface area contributed by atoms with Gasteiger partial charge in [0.1, 0.15) is 24.4 Å². The normalized spacial score (nSPS) is 21.7. The molecule has 1 heterocycles. The van der Waals surface area contributed by atoms with Crippen molar-refractivity contribution in [3.63, 3.8) is 0 Å². The number of aliphatic hydroxyl groups excluding tert-OH is 5. The van der Waals surface area contributed by atoms with E-state index in [-0.39, 0.29) is 12.5 Å². The van der Waals surface area contributed by atoms with E-state index in [1.165, 1.54) is 128 Å². The van der Waals surface area contributed by atoms with E-state index in [0.29, 0.717) is 12.8 Å². The van der Waals surface area contributed by atoms with Crippen LogP contribution in [0.5, 0.6) is 0 Å². The van der Waals surface area contributed by atoms with Crippen molar-refractivity contribution >= 4 is 5.91 Å². The summed E-state index contributed by atoms with van der Waals surface area (Å²) in [6.45, 7) is 3.82. The fourth-order valence-electron chi connectivity index (χ4n) is 7.21. The van der Waals surface area contributed by atoms with Crippen LogP contribution in [0, 0.1) is 0 Å². The summed E-state index contributed by atoms with van der Waals surface area (Å²) in [6.07, 6.45) is 32.1. The molecule has 9 heteroatoms. The first kappa shape index (κ1) is 49.9. The average Bonchev–Trinajstić information content (AvgIpc) is 3.16. The summed E-state index contributed by atoms with van der Waals surface area (Å²) in [4.78, 5) is 12.9. The molecular weight excluding hydrogens is 670 g/mol. The quantitative estimate of drug-likeness (QED) is 0.0272. The maximum Gasteiger partial charge on any atom is 0.220 e. The summed E-state index contributed by atoms with van der Waals surface area (Å²) in [7, 11) is 0. The molecule has 0 spiro atoms. The standard InChI is InChI=1S/C44H85NO8/c1-3-5-7-9-11-13-15-17-19-20-21-23-25-27-29-31-33-38(47)37(36-52-44-43(51)42(50)41(49)39(35-46)53-44)45-40(48)34-32-30-28-26-24-22-18-16-14-12-10-8-6-4-2/h16,18,37-39,41-44,46-47,49-51H,3-15,17,19-36H2,1-2H3,(H,45,48)/b18-16+/t37-,38+,39+,41+,42?,43?,44+/m0/s1. The first-order valence-electron chi connectivity index (χ1n) is 22.4. The number of nitrogens with one attached hydrogen (secondary N) is 1. The van der Waals surface area contributed by atoms with Crippen molar-refractivity contribution in [3.8, 4) is 0 Å². The second-order valence-electron chi connectivity index (χ2n) is 15.8. The Hall–Kier alpha value is -1.07. The lowest BCUT2D eigenvalue weighted by molar-refractivity contribution is -0.302. The molecule has 53 heavy (non-hydrogen) atoms. The molecule has 2 unspecified atom stereocenters. The number of hydrogen-bond acceptors (Lipinski definition) is 8. The van der Waals surface area contributed by atoms with Gasteiger partial charge in [0.25, 0.3) is 0 Å². The number of carbonyl (C=O) groups excluding carboxylic acids is 1. The Kier molecular flexibility index (Phi) is 33.3. The van der Waals surface area contributed by atoms with E-state index in [2.05, 4.69) is 31.3 Å². The van der Waals surface area contributed by atoms with Gasteiger partial charge in [-0.25, -0.2) is 0 Å². The van der Waals surface area contributed by atoms with Crippen LogP contribution >= 0.6 is 0 Å². The fourth-order valence-corrected chi connectivity index (χ4v) is 7.21. The Labute approximate surface area is 325 Å². The van der Waals surface area contributed by atoms with E-state index in [0.717, 1.165) is 51.4 Å². The predicted octanol–water partition coefficient (Wildman–Crippen LogP) is 8.95. The third kappa shape index (κ3) is 26.4. The van der Waals surface area contributed by atoms with Crippen molar-refractivity contribution in [2.45, 2.75) is 249 Å². The maximum absolute atomic E-state index is 12.9. The minimum Gasteiger partial charge on any atom is -0.394 e. The van der Waals surface area contributed by atoms with Crippen molar-refractivity contribution < 1.29 is 39.8 Å². The van der Waals surface area contributed by atoms with Crippen LogP contribution in [0.15, 0.2) is 12.2 Å². The van der Waals surface area contributed by atoms with E-state index >= 15 is 0 Å². The second kappa shape index (κ2) is 35.4. The van der Waals surface area contributed by atoms with Crippen molar-refractivity contribution in [1.29, 1.82) is 0 Å². The van der Waals surface area contributed by atoms with E-state index in [4.69, 9.17) is 9.47 Å². The zero-order valence-electron chi connectivity index (χ0n) is 34.3. The fraction of sp³-hybridized carbons (Fsp3) is 0.932. The van der Waals surface area contributed by atoms with E-state index < -0.39 is 49.5 Å². The molecule has 1 fully saturated rings. The van der Waals surface area contributed by atoms with Gasteiger partial charge in [-0.3, -0.25) is 4.79 Å². The van der Waals surface area contributed by atoms with Crippen LogP contribution in [0.1, 0.15) is 206 Å². The Morgan fingerprint density at radius 2 is 1.06 bits per heavy atom. The van der Waals surface area contributed by atoms with Crippen LogP contribution in [0.2, 0.25) is 0 Å². The van der Waals surface area contributed by atoms with Gasteiger partial charge in [-0.05, 0) is 38.5 Å². The lowest BCUT2D eigenvalue weighted by Gasteiger charge is -2.40. The molecule has 1 aliphatic rings. The van der Waals surface area contributed by atoms with Gasteiger partial charge in [0.05, 0.1) is 25.4 Å². The highest BCUT2D eigenvalue weighted by Gasteiger charge is 2.44. The molecule has 9 nitrogen and oxygen atoms in total. The molecule has 1 amide bonds. The van der Waals surface area contributed by atoms with Gasteiger partial charge in [-0.2, -0.15) is 0 Å². The van der Waals surface area contributed by atoms with Crippen molar-refractivity contribution in [2.24, 2.45) is 0 Å². The maximum atomic E-state index is 12.9. The number of hydrogen-bond donors (Lipinski definition) is 6. The Balaban J connectivity index is 2.35. The molecule has 0 aromatic rings. The SMILES string of the molecule is CCCCCCC/C=C/CCCCCCCC(=O)N[C@@H](CO[C@@H]1O[C@H](CO)[C@@H](O)C(O)C1O)[C@H](O)CCCCCCCCCCCCCCCCCC. The number of allylic oxidation sites excluding steroid dienone is 2. The number of unbranched alkanes of at least 4 members (excludes halogenated alkanes) is 25. The highest BCUT2D eigenvalue weighted by molar-refractivity contribution is 5.76. The first-order valence-corrected chi connectivity index (χ1v) is 22.4. The minimum atomic E-state index is -1.55. The molecule has 314 valence electrons. The summed E-state index contributed by atoms with van der Waals surface area (Å²) in [5.41, 5.74) is 0. The van der Waals surface area contributed by atoms with E-state index in [1.807, 2.05) is 0 Å². The van der Waals surface area contributed by atoms with Crippen LogP contribution in [-0.4, -0.2) is 87.5 Å². The molecule has 1 saturated heterocycles. The third-order valence-corrected chi connectivity index (χ3v) is 10.9. The summed E-state index contributed by atoms with van der Waals surface area (Å²) in [5, 5.41) is 54.3. The number of amides is 1. The third-order valence-electron chi connectivity index (χ3n) is 10.9. The van der Waals surface area contributed by atoms with Crippen LogP contribution in [0.3, 0.4) is 0 Å². The van der Waals surface area contributed by atoms with Gasteiger partial charge in [0.15, 0.2) is 6.29 Å². The number of aliphatic hydroxyl groups is 5. The molecule has 1 aliphatic heterocycles. The Bertz CT molecular complexity index is 842. The molecule has 0 aromatic carbocycles. The number of carbonyl (C=O) groups is 1. The molecule has 6 N–H and O–H groups in total.